The van der Waals surface area contributed by atoms with E-state index in [1.54, 1.807) is 18.7 Å². The van der Waals surface area contributed by atoms with Crippen LogP contribution in [0.4, 0.5) is 9.93 Å². The highest BCUT2D eigenvalue weighted by atomic mass is 32.2. The zero-order chi connectivity index (χ0) is 20.5. The third-order valence-corrected chi connectivity index (χ3v) is 5.83. The molecule has 0 aliphatic rings. The first-order chi connectivity index (χ1) is 14.1. The molecule has 0 aliphatic heterocycles. The number of hydrogen-bond acceptors (Lipinski definition) is 7. The van der Waals surface area contributed by atoms with Crippen molar-refractivity contribution in [1.29, 1.82) is 0 Å². The number of carbonyl (C=O) groups is 2. The van der Waals surface area contributed by atoms with E-state index in [0.29, 0.717) is 5.13 Å². The van der Waals surface area contributed by atoms with Crippen molar-refractivity contribution < 1.29 is 14.3 Å². The zero-order valence-electron chi connectivity index (χ0n) is 15.7. The molecule has 150 valence electrons. The van der Waals surface area contributed by atoms with Crippen LogP contribution in [0.15, 0.2) is 65.0 Å². The molecule has 7 nitrogen and oxygen atoms in total. The SMILES string of the molecule is C[C@H](NC(=O)OCc1ccccc1)C(=O)Nc1nnc(SCc2ccccc2)s1. The highest BCUT2D eigenvalue weighted by Crippen LogP contribution is 2.28. The normalized spacial score (nSPS) is 11.5. The highest BCUT2D eigenvalue weighted by molar-refractivity contribution is 8.00. The number of amides is 2. The lowest BCUT2D eigenvalue weighted by Gasteiger charge is -2.13. The topological polar surface area (TPSA) is 93.2 Å². The number of hydrogen-bond donors (Lipinski definition) is 2. The van der Waals surface area contributed by atoms with E-state index < -0.39 is 18.0 Å². The Kier molecular flexibility index (Phi) is 7.60. The minimum absolute atomic E-state index is 0.138. The van der Waals surface area contributed by atoms with Crippen molar-refractivity contribution in [2.75, 3.05) is 5.32 Å². The number of benzene rings is 2. The maximum absolute atomic E-state index is 12.3. The fourth-order valence-corrected chi connectivity index (χ4v) is 3.97. The average molecular weight is 429 g/mol. The second-order valence-electron chi connectivity index (χ2n) is 6.06. The Balaban J connectivity index is 1.42. The summed E-state index contributed by atoms with van der Waals surface area (Å²) in [5.74, 6) is 0.381. The van der Waals surface area contributed by atoms with Gasteiger partial charge < -0.3 is 10.1 Å². The van der Waals surface area contributed by atoms with E-state index in [0.717, 1.165) is 15.7 Å². The summed E-state index contributed by atoms with van der Waals surface area (Å²) in [7, 11) is 0. The molecular weight excluding hydrogens is 408 g/mol. The molecule has 1 aromatic heterocycles. The average Bonchev–Trinajstić information content (AvgIpc) is 3.19. The second kappa shape index (κ2) is 10.6. The van der Waals surface area contributed by atoms with Crippen LogP contribution in [0, 0.1) is 0 Å². The van der Waals surface area contributed by atoms with Gasteiger partial charge in [-0.2, -0.15) is 0 Å². The largest absolute Gasteiger partial charge is 0.445 e. The lowest BCUT2D eigenvalue weighted by Crippen LogP contribution is -2.41. The van der Waals surface area contributed by atoms with Crippen molar-refractivity contribution in [3.05, 3.63) is 71.8 Å². The van der Waals surface area contributed by atoms with Crippen LogP contribution in [0.2, 0.25) is 0 Å². The van der Waals surface area contributed by atoms with Gasteiger partial charge in [-0.25, -0.2) is 4.79 Å². The number of nitrogens with zero attached hydrogens (tertiary/aromatic N) is 2. The molecular formula is C20H20N4O3S2. The second-order valence-corrected chi connectivity index (χ2v) is 8.26. The van der Waals surface area contributed by atoms with Gasteiger partial charge in [0.15, 0.2) is 4.34 Å². The van der Waals surface area contributed by atoms with E-state index in [-0.39, 0.29) is 6.61 Å². The van der Waals surface area contributed by atoms with Gasteiger partial charge in [0.25, 0.3) is 0 Å². The molecule has 2 amide bonds. The molecule has 0 unspecified atom stereocenters. The van der Waals surface area contributed by atoms with Crippen LogP contribution in [0.25, 0.3) is 0 Å². The lowest BCUT2D eigenvalue weighted by atomic mass is 10.2. The Morgan fingerprint density at radius 3 is 2.38 bits per heavy atom. The predicted molar refractivity (Wildman–Crippen MR) is 114 cm³/mol. The first-order valence-electron chi connectivity index (χ1n) is 8.88. The van der Waals surface area contributed by atoms with Gasteiger partial charge in [0.2, 0.25) is 11.0 Å². The number of nitrogens with one attached hydrogen (secondary N) is 2. The number of alkyl carbamates (subject to hydrolysis) is 1. The van der Waals surface area contributed by atoms with E-state index in [1.807, 2.05) is 60.7 Å². The summed E-state index contributed by atoms with van der Waals surface area (Å²) in [6, 6.07) is 18.6. The Bertz CT molecular complexity index is 935. The summed E-state index contributed by atoms with van der Waals surface area (Å²) in [4.78, 5) is 24.1. The Morgan fingerprint density at radius 1 is 1.03 bits per heavy atom. The summed E-state index contributed by atoms with van der Waals surface area (Å²) >= 11 is 2.84. The molecule has 0 saturated carbocycles. The van der Waals surface area contributed by atoms with Crippen molar-refractivity contribution in [1.82, 2.24) is 15.5 Å². The molecule has 0 radical (unpaired) electrons. The van der Waals surface area contributed by atoms with Crippen LogP contribution in [0.1, 0.15) is 18.1 Å². The molecule has 0 spiro atoms. The van der Waals surface area contributed by atoms with Crippen LogP contribution >= 0.6 is 23.1 Å². The molecule has 2 N–H and O–H groups in total. The van der Waals surface area contributed by atoms with Crippen molar-refractivity contribution in [2.45, 2.75) is 29.7 Å². The number of aromatic nitrogens is 2. The Labute approximate surface area is 176 Å². The first kappa shape index (κ1) is 20.8. The van der Waals surface area contributed by atoms with Crippen LogP contribution in [0.3, 0.4) is 0 Å². The van der Waals surface area contributed by atoms with E-state index in [1.165, 1.54) is 16.9 Å². The van der Waals surface area contributed by atoms with E-state index >= 15 is 0 Å². The molecule has 29 heavy (non-hydrogen) atoms. The zero-order valence-corrected chi connectivity index (χ0v) is 17.3. The van der Waals surface area contributed by atoms with Gasteiger partial charge in [0.1, 0.15) is 12.6 Å². The molecule has 3 aromatic rings. The highest BCUT2D eigenvalue weighted by Gasteiger charge is 2.18. The molecule has 0 bridgehead atoms. The molecule has 1 atom stereocenters. The summed E-state index contributed by atoms with van der Waals surface area (Å²) < 4.78 is 5.87. The van der Waals surface area contributed by atoms with E-state index in [2.05, 4.69) is 20.8 Å². The molecule has 1 heterocycles. The number of rotatable bonds is 8. The number of anilines is 1. The monoisotopic (exact) mass is 428 g/mol. The summed E-state index contributed by atoms with van der Waals surface area (Å²) in [5, 5.41) is 13.6. The summed E-state index contributed by atoms with van der Waals surface area (Å²) in [5.41, 5.74) is 2.05. The van der Waals surface area contributed by atoms with Crippen LogP contribution in [-0.2, 0) is 21.9 Å². The van der Waals surface area contributed by atoms with Crippen molar-refractivity contribution in [3.63, 3.8) is 0 Å². The standard InChI is InChI=1S/C20H20N4O3S2/c1-14(21-19(26)27-12-15-8-4-2-5-9-15)17(25)22-18-23-24-20(29-18)28-13-16-10-6-3-7-11-16/h2-11,14H,12-13H2,1H3,(H,21,26)(H,22,23,25)/t14-/m0/s1. The fourth-order valence-electron chi connectivity index (χ4n) is 2.26. The van der Waals surface area contributed by atoms with Gasteiger partial charge in [0, 0.05) is 5.75 Å². The number of carbonyl (C=O) groups excluding carboxylic acids is 2. The van der Waals surface area contributed by atoms with E-state index in [9.17, 15) is 9.59 Å². The van der Waals surface area contributed by atoms with Gasteiger partial charge in [-0.15, -0.1) is 10.2 Å². The Hall–Kier alpha value is -2.91. The molecule has 0 saturated heterocycles. The molecule has 2 aromatic carbocycles. The molecule has 9 heteroatoms. The smallest absolute Gasteiger partial charge is 0.408 e. The van der Waals surface area contributed by atoms with Crippen LogP contribution < -0.4 is 10.6 Å². The minimum Gasteiger partial charge on any atom is -0.445 e. The van der Waals surface area contributed by atoms with Crippen molar-refractivity contribution in [3.8, 4) is 0 Å². The Morgan fingerprint density at radius 2 is 1.69 bits per heavy atom. The molecule has 0 fully saturated rings. The summed E-state index contributed by atoms with van der Waals surface area (Å²) in [6.07, 6.45) is -0.659. The maximum atomic E-state index is 12.3. The predicted octanol–water partition coefficient (Wildman–Crippen LogP) is 4.08. The van der Waals surface area contributed by atoms with Crippen LogP contribution in [-0.4, -0.2) is 28.2 Å². The van der Waals surface area contributed by atoms with Gasteiger partial charge in [-0.3, -0.25) is 10.1 Å². The third kappa shape index (κ3) is 6.88. The van der Waals surface area contributed by atoms with Gasteiger partial charge in [-0.05, 0) is 18.1 Å². The molecule has 3 rings (SSSR count). The first-order valence-corrected chi connectivity index (χ1v) is 10.7. The van der Waals surface area contributed by atoms with Crippen molar-refractivity contribution in [2.24, 2.45) is 0 Å². The van der Waals surface area contributed by atoms with E-state index in [4.69, 9.17) is 4.74 Å². The summed E-state index contributed by atoms with van der Waals surface area (Å²) in [6.45, 7) is 1.71. The molecule has 0 aliphatic carbocycles. The quantitative estimate of drug-likeness (QED) is 0.415. The fraction of sp³-hybridized carbons (Fsp3) is 0.200. The third-order valence-electron chi connectivity index (χ3n) is 3.78. The van der Waals surface area contributed by atoms with Gasteiger partial charge in [-0.1, -0.05) is 83.8 Å². The van der Waals surface area contributed by atoms with Gasteiger partial charge >= 0.3 is 6.09 Å². The number of ether oxygens (including phenoxy) is 1. The maximum Gasteiger partial charge on any atom is 0.408 e. The van der Waals surface area contributed by atoms with Crippen molar-refractivity contribution >= 4 is 40.2 Å². The lowest BCUT2D eigenvalue weighted by molar-refractivity contribution is -0.117. The number of thioether (sulfide) groups is 1. The van der Waals surface area contributed by atoms with Crippen LogP contribution in [0.5, 0.6) is 0 Å². The van der Waals surface area contributed by atoms with Gasteiger partial charge in [0.05, 0.1) is 0 Å². The minimum atomic E-state index is -0.775.